The van der Waals surface area contributed by atoms with Crippen molar-refractivity contribution in [3.63, 3.8) is 0 Å². The first-order valence-electron chi connectivity index (χ1n) is 10.3. The number of hydrogen-bond acceptors (Lipinski definition) is 3. The molecule has 2 aliphatic heterocycles. The molecule has 0 N–H and O–H groups in total. The lowest BCUT2D eigenvalue weighted by Crippen LogP contribution is -2.52. The molecule has 4 rings (SSSR count). The number of hydrogen-bond donors (Lipinski definition) is 0. The van der Waals surface area contributed by atoms with Crippen molar-refractivity contribution >= 4 is 17.5 Å². The van der Waals surface area contributed by atoms with Gasteiger partial charge in [0.05, 0.1) is 0 Å². The molecule has 0 spiro atoms. The van der Waals surface area contributed by atoms with Crippen LogP contribution < -0.4 is 4.90 Å². The Morgan fingerprint density at radius 1 is 0.759 bits per heavy atom. The van der Waals surface area contributed by atoms with Crippen LogP contribution in [0.1, 0.15) is 23.2 Å². The normalized spacial score (nSPS) is 18.0. The Balaban J connectivity index is 1.27. The average Bonchev–Trinajstić information content (AvgIpc) is 2.79. The van der Waals surface area contributed by atoms with E-state index in [4.69, 9.17) is 0 Å². The largest absolute Gasteiger partial charge is 0.368 e. The summed E-state index contributed by atoms with van der Waals surface area (Å²) in [5, 5.41) is 0. The van der Waals surface area contributed by atoms with Crippen molar-refractivity contribution in [3.05, 3.63) is 66.0 Å². The van der Waals surface area contributed by atoms with Gasteiger partial charge in [-0.05, 0) is 49.2 Å². The van der Waals surface area contributed by atoms with E-state index in [0.717, 1.165) is 31.6 Å². The summed E-state index contributed by atoms with van der Waals surface area (Å²) < 4.78 is 13.1. The van der Waals surface area contributed by atoms with Crippen molar-refractivity contribution < 1.29 is 14.0 Å². The lowest BCUT2D eigenvalue weighted by atomic mass is 9.94. The van der Waals surface area contributed by atoms with Crippen LogP contribution >= 0.6 is 0 Å². The first-order valence-corrected chi connectivity index (χ1v) is 10.3. The number of carbonyl (C=O) groups is 2. The molecule has 6 heteroatoms. The maximum Gasteiger partial charge on any atom is 0.253 e. The zero-order chi connectivity index (χ0) is 20.2. The number of piperidine rings is 1. The number of piperazine rings is 1. The fourth-order valence-corrected chi connectivity index (χ4v) is 4.19. The van der Waals surface area contributed by atoms with Crippen molar-refractivity contribution in [2.45, 2.75) is 12.8 Å². The summed E-state index contributed by atoms with van der Waals surface area (Å²) in [5.41, 5.74) is 1.69. The van der Waals surface area contributed by atoms with E-state index in [1.807, 2.05) is 40.1 Å². The van der Waals surface area contributed by atoms with Crippen LogP contribution in [0.3, 0.4) is 0 Å². The van der Waals surface area contributed by atoms with Crippen LogP contribution in [0.4, 0.5) is 10.1 Å². The summed E-state index contributed by atoms with van der Waals surface area (Å²) >= 11 is 0. The van der Waals surface area contributed by atoms with E-state index in [9.17, 15) is 14.0 Å². The number of nitrogens with zero attached hydrogens (tertiary/aromatic N) is 3. The van der Waals surface area contributed by atoms with Gasteiger partial charge in [0.1, 0.15) is 5.82 Å². The topological polar surface area (TPSA) is 43.9 Å². The van der Waals surface area contributed by atoms with Crippen molar-refractivity contribution in [2.24, 2.45) is 5.92 Å². The smallest absolute Gasteiger partial charge is 0.253 e. The third-order valence-corrected chi connectivity index (χ3v) is 5.94. The van der Waals surface area contributed by atoms with Gasteiger partial charge in [-0.3, -0.25) is 9.59 Å². The van der Waals surface area contributed by atoms with Crippen LogP contribution in [0.15, 0.2) is 54.6 Å². The minimum Gasteiger partial charge on any atom is -0.368 e. The number of carbonyl (C=O) groups excluding carboxylic acids is 2. The zero-order valence-electron chi connectivity index (χ0n) is 16.5. The third kappa shape index (κ3) is 4.42. The van der Waals surface area contributed by atoms with E-state index in [0.29, 0.717) is 31.7 Å². The monoisotopic (exact) mass is 395 g/mol. The summed E-state index contributed by atoms with van der Waals surface area (Å²) in [6.07, 6.45) is 1.44. The van der Waals surface area contributed by atoms with Gasteiger partial charge in [-0.1, -0.05) is 18.2 Å². The van der Waals surface area contributed by atoms with Crippen molar-refractivity contribution in [1.82, 2.24) is 9.80 Å². The predicted molar refractivity (Wildman–Crippen MR) is 110 cm³/mol. The molecule has 152 valence electrons. The number of benzene rings is 2. The lowest BCUT2D eigenvalue weighted by Gasteiger charge is -2.39. The van der Waals surface area contributed by atoms with Crippen molar-refractivity contribution in [2.75, 3.05) is 44.2 Å². The van der Waals surface area contributed by atoms with Gasteiger partial charge in [-0.15, -0.1) is 0 Å². The third-order valence-electron chi connectivity index (χ3n) is 5.94. The first-order chi connectivity index (χ1) is 14.1. The number of anilines is 1. The molecule has 2 amide bonds. The molecule has 0 bridgehead atoms. The molecule has 2 aromatic carbocycles. The number of halogens is 1. The average molecular weight is 395 g/mol. The molecule has 2 aliphatic rings. The molecule has 0 radical (unpaired) electrons. The summed E-state index contributed by atoms with van der Waals surface area (Å²) in [6.45, 7) is 4.11. The maximum absolute atomic E-state index is 13.1. The van der Waals surface area contributed by atoms with Crippen LogP contribution in [0.2, 0.25) is 0 Å². The molecule has 2 fully saturated rings. The summed E-state index contributed by atoms with van der Waals surface area (Å²) in [5.74, 6) is 0.00632. The SMILES string of the molecule is O=C(c1ccccc1)N1CCC(C(=O)N2CCN(c3ccc(F)cc3)CC2)CC1. The van der Waals surface area contributed by atoms with Crippen molar-refractivity contribution in [3.8, 4) is 0 Å². The molecule has 0 aromatic heterocycles. The Morgan fingerprint density at radius 3 is 2.00 bits per heavy atom. The van der Waals surface area contributed by atoms with E-state index < -0.39 is 0 Å². The highest BCUT2D eigenvalue weighted by atomic mass is 19.1. The highest BCUT2D eigenvalue weighted by Gasteiger charge is 2.32. The first kappa shape index (κ1) is 19.4. The Hall–Kier alpha value is -2.89. The van der Waals surface area contributed by atoms with Gasteiger partial charge in [-0.2, -0.15) is 0 Å². The number of likely N-dealkylation sites (tertiary alicyclic amines) is 1. The number of amides is 2. The fraction of sp³-hybridized carbons (Fsp3) is 0.391. The molecular weight excluding hydrogens is 369 g/mol. The molecule has 0 saturated carbocycles. The molecule has 2 heterocycles. The van der Waals surface area contributed by atoms with E-state index in [1.165, 1.54) is 12.1 Å². The van der Waals surface area contributed by atoms with Crippen LogP contribution in [0, 0.1) is 11.7 Å². The van der Waals surface area contributed by atoms with Crippen LogP contribution in [0.25, 0.3) is 0 Å². The maximum atomic E-state index is 13.1. The number of rotatable bonds is 3. The molecule has 0 aliphatic carbocycles. The second-order valence-electron chi connectivity index (χ2n) is 7.72. The molecule has 5 nitrogen and oxygen atoms in total. The summed E-state index contributed by atoms with van der Waals surface area (Å²) in [7, 11) is 0. The van der Waals surface area contributed by atoms with E-state index in [1.54, 1.807) is 12.1 Å². The summed E-state index contributed by atoms with van der Waals surface area (Å²) in [4.78, 5) is 31.5. The summed E-state index contributed by atoms with van der Waals surface area (Å²) in [6, 6.07) is 15.8. The Bertz CT molecular complexity index is 840. The van der Waals surface area contributed by atoms with Gasteiger partial charge in [0.2, 0.25) is 5.91 Å². The highest BCUT2D eigenvalue weighted by molar-refractivity contribution is 5.94. The van der Waals surface area contributed by atoms with E-state index in [2.05, 4.69) is 4.90 Å². The molecule has 2 saturated heterocycles. The molecule has 2 aromatic rings. The highest BCUT2D eigenvalue weighted by Crippen LogP contribution is 2.23. The molecule has 29 heavy (non-hydrogen) atoms. The fourth-order valence-electron chi connectivity index (χ4n) is 4.19. The molecular formula is C23H26FN3O2. The Labute approximate surface area is 170 Å². The Morgan fingerprint density at radius 2 is 1.38 bits per heavy atom. The van der Waals surface area contributed by atoms with Gasteiger partial charge >= 0.3 is 0 Å². The van der Waals surface area contributed by atoms with Crippen LogP contribution in [0.5, 0.6) is 0 Å². The minimum absolute atomic E-state index is 0.00723. The van der Waals surface area contributed by atoms with Gasteiger partial charge in [-0.25, -0.2) is 4.39 Å². The van der Waals surface area contributed by atoms with Crippen molar-refractivity contribution in [1.29, 1.82) is 0 Å². The van der Waals surface area contributed by atoms with Gasteiger partial charge < -0.3 is 14.7 Å². The van der Waals surface area contributed by atoms with Crippen LogP contribution in [-0.2, 0) is 4.79 Å². The van der Waals surface area contributed by atoms with Crippen LogP contribution in [-0.4, -0.2) is 60.9 Å². The second-order valence-corrected chi connectivity index (χ2v) is 7.72. The molecule has 0 atom stereocenters. The second kappa shape index (κ2) is 8.64. The zero-order valence-corrected chi connectivity index (χ0v) is 16.5. The lowest BCUT2D eigenvalue weighted by molar-refractivity contribution is -0.137. The molecule has 0 unspecified atom stereocenters. The predicted octanol–water partition coefficient (Wildman–Crippen LogP) is 3.03. The minimum atomic E-state index is -0.236. The standard InChI is InChI=1S/C23H26FN3O2/c24-20-6-8-21(9-7-20)25-14-16-27(17-15-25)23(29)19-10-12-26(13-11-19)22(28)18-4-2-1-3-5-18/h1-9,19H,10-17H2. The Kier molecular flexibility index (Phi) is 5.79. The quantitative estimate of drug-likeness (QED) is 0.803. The van der Waals surface area contributed by atoms with E-state index >= 15 is 0 Å². The van der Waals surface area contributed by atoms with Gasteiger partial charge in [0.15, 0.2) is 0 Å². The van der Waals surface area contributed by atoms with E-state index in [-0.39, 0.29) is 23.5 Å². The van der Waals surface area contributed by atoms with Gasteiger partial charge in [0.25, 0.3) is 5.91 Å². The van der Waals surface area contributed by atoms with Gasteiger partial charge in [0, 0.05) is 56.4 Å².